The number of nitrogens with zero attached hydrogens (tertiary/aromatic N) is 2. The van der Waals surface area contributed by atoms with Crippen molar-refractivity contribution in [3.63, 3.8) is 0 Å². The quantitative estimate of drug-likeness (QED) is 0.888. The fourth-order valence-electron chi connectivity index (χ4n) is 1.88. The van der Waals surface area contributed by atoms with E-state index in [0.717, 1.165) is 0 Å². The number of carboxylic acid groups (broad SMARTS) is 1. The summed E-state index contributed by atoms with van der Waals surface area (Å²) in [5, 5.41) is 21.3. The molecular formula is C15H13N3O2. The Morgan fingerprint density at radius 1 is 1.35 bits per heavy atom. The minimum atomic E-state index is -1.28. The van der Waals surface area contributed by atoms with E-state index in [0.29, 0.717) is 11.3 Å². The average Bonchev–Trinajstić information content (AvgIpc) is 2.48. The van der Waals surface area contributed by atoms with Crippen LogP contribution in [0.1, 0.15) is 18.2 Å². The summed E-state index contributed by atoms with van der Waals surface area (Å²) >= 11 is 0. The normalized spacial score (nSPS) is 13.0. The first kappa shape index (κ1) is 13.6. The molecule has 1 aromatic carbocycles. The van der Waals surface area contributed by atoms with Crippen molar-refractivity contribution < 1.29 is 9.90 Å². The number of anilines is 1. The predicted octanol–water partition coefficient (Wildman–Crippen LogP) is 2.37. The highest BCUT2D eigenvalue weighted by Gasteiger charge is 2.35. The minimum Gasteiger partial charge on any atom is -0.479 e. The number of pyridine rings is 1. The molecule has 0 aliphatic rings. The van der Waals surface area contributed by atoms with Crippen LogP contribution in [-0.4, -0.2) is 16.1 Å². The van der Waals surface area contributed by atoms with Crippen molar-refractivity contribution in [2.75, 3.05) is 5.32 Å². The molecule has 2 rings (SSSR count). The average molecular weight is 267 g/mol. The first-order valence-corrected chi connectivity index (χ1v) is 5.99. The summed E-state index contributed by atoms with van der Waals surface area (Å²) < 4.78 is 0. The van der Waals surface area contributed by atoms with E-state index < -0.39 is 11.5 Å². The van der Waals surface area contributed by atoms with Crippen molar-refractivity contribution in [1.82, 2.24) is 4.98 Å². The smallest absolute Gasteiger partial charge is 0.333 e. The Hall–Kier alpha value is -2.87. The molecule has 0 aliphatic carbocycles. The molecule has 0 fully saturated rings. The Morgan fingerprint density at radius 3 is 2.65 bits per heavy atom. The van der Waals surface area contributed by atoms with Crippen LogP contribution in [0.4, 0.5) is 5.69 Å². The van der Waals surface area contributed by atoms with Gasteiger partial charge in [-0.25, -0.2) is 9.78 Å². The number of carbonyl (C=O) groups is 1. The van der Waals surface area contributed by atoms with Crippen LogP contribution in [0.5, 0.6) is 0 Å². The minimum absolute atomic E-state index is 0.232. The summed E-state index contributed by atoms with van der Waals surface area (Å²) in [4.78, 5) is 15.5. The zero-order valence-corrected chi connectivity index (χ0v) is 10.9. The molecule has 1 atom stereocenters. The Labute approximate surface area is 116 Å². The molecule has 0 bridgehead atoms. The van der Waals surface area contributed by atoms with Crippen LogP contribution in [0.25, 0.3) is 0 Å². The van der Waals surface area contributed by atoms with Gasteiger partial charge in [-0.05, 0) is 24.6 Å². The monoisotopic (exact) mass is 267 g/mol. The highest BCUT2D eigenvalue weighted by molar-refractivity contribution is 5.84. The maximum Gasteiger partial charge on any atom is 0.333 e. The second-order valence-corrected chi connectivity index (χ2v) is 4.46. The van der Waals surface area contributed by atoms with Crippen molar-refractivity contribution in [2.45, 2.75) is 12.5 Å². The highest BCUT2D eigenvalue weighted by Crippen LogP contribution is 2.26. The van der Waals surface area contributed by atoms with Crippen molar-refractivity contribution in [1.29, 1.82) is 5.26 Å². The molecule has 100 valence electrons. The number of carboxylic acids is 1. The summed E-state index contributed by atoms with van der Waals surface area (Å²) in [5.74, 6) is -1.00. The molecule has 0 spiro atoms. The van der Waals surface area contributed by atoms with Gasteiger partial charge in [0.25, 0.3) is 0 Å². The molecule has 5 nitrogen and oxygen atoms in total. The van der Waals surface area contributed by atoms with E-state index in [1.165, 1.54) is 12.3 Å². The third-order valence-corrected chi connectivity index (χ3v) is 3.05. The summed E-state index contributed by atoms with van der Waals surface area (Å²) in [6.07, 6.45) is 1.47. The van der Waals surface area contributed by atoms with Gasteiger partial charge >= 0.3 is 5.97 Å². The summed E-state index contributed by atoms with van der Waals surface area (Å²) in [7, 11) is 0. The van der Waals surface area contributed by atoms with Gasteiger partial charge in [0.1, 0.15) is 11.8 Å². The van der Waals surface area contributed by atoms with E-state index in [1.807, 2.05) is 12.1 Å². The van der Waals surface area contributed by atoms with Gasteiger partial charge in [0, 0.05) is 11.9 Å². The van der Waals surface area contributed by atoms with Gasteiger partial charge in [-0.1, -0.05) is 30.3 Å². The van der Waals surface area contributed by atoms with Crippen molar-refractivity contribution in [3.8, 4) is 6.07 Å². The topological polar surface area (TPSA) is 86.0 Å². The molecule has 0 amide bonds. The maximum absolute atomic E-state index is 11.6. The number of hydrogen-bond acceptors (Lipinski definition) is 4. The van der Waals surface area contributed by atoms with Gasteiger partial charge in [0.2, 0.25) is 0 Å². The fourth-order valence-corrected chi connectivity index (χ4v) is 1.88. The first-order chi connectivity index (χ1) is 9.56. The van der Waals surface area contributed by atoms with E-state index >= 15 is 0 Å². The number of nitriles is 1. The summed E-state index contributed by atoms with van der Waals surface area (Å²) in [5.41, 5.74) is 0.110. The largest absolute Gasteiger partial charge is 0.479 e. The second-order valence-electron chi connectivity index (χ2n) is 4.46. The molecule has 0 aliphatic heterocycles. The van der Waals surface area contributed by atoms with Gasteiger partial charge in [-0.2, -0.15) is 5.26 Å². The predicted molar refractivity (Wildman–Crippen MR) is 74.0 cm³/mol. The van der Waals surface area contributed by atoms with E-state index in [4.69, 9.17) is 5.26 Å². The van der Waals surface area contributed by atoms with Crippen LogP contribution in [0, 0.1) is 11.3 Å². The van der Waals surface area contributed by atoms with Crippen LogP contribution in [-0.2, 0) is 10.3 Å². The van der Waals surface area contributed by atoms with Crippen molar-refractivity contribution in [2.24, 2.45) is 0 Å². The van der Waals surface area contributed by atoms with Crippen molar-refractivity contribution >= 4 is 11.7 Å². The van der Waals surface area contributed by atoms with Gasteiger partial charge in [-0.15, -0.1) is 0 Å². The zero-order chi connectivity index (χ0) is 14.6. The zero-order valence-electron chi connectivity index (χ0n) is 10.9. The summed E-state index contributed by atoms with van der Waals surface area (Å²) in [6.45, 7) is 1.58. The van der Waals surface area contributed by atoms with Gasteiger partial charge < -0.3 is 10.4 Å². The third-order valence-electron chi connectivity index (χ3n) is 3.05. The lowest BCUT2D eigenvalue weighted by atomic mass is 9.92. The number of nitrogens with one attached hydrogen (secondary N) is 1. The van der Waals surface area contributed by atoms with Crippen LogP contribution >= 0.6 is 0 Å². The van der Waals surface area contributed by atoms with E-state index in [1.54, 1.807) is 37.3 Å². The Bertz CT molecular complexity index is 664. The van der Waals surface area contributed by atoms with Gasteiger partial charge in [0.05, 0.1) is 0 Å². The van der Waals surface area contributed by atoms with Crippen LogP contribution in [0.15, 0.2) is 48.7 Å². The van der Waals surface area contributed by atoms with Crippen LogP contribution in [0.3, 0.4) is 0 Å². The molecule has 2 aromatic rings. The number of hydrogen-bond donors (Lipinski definition) is 2. The molecule has 1 aromatic heterocycles. The van der Waals surface area contributed by atoms with E-state index in [9.17, 15) is 9.90 Å². The van der Waals surface area contributed by atoms with Crippen LogP contribution < -0.4 is 5.32 Å². The second kappa shape index (κ2) is 5.41. The Kier molecular flexibility index (Phi) is 3.67. The van der Waals surface area contributed by atoms with Crippen molar-refractivity contribution in [3.05, 3.63) is 59.9 Å². The molecule has 1 heterocycles. The molecule has 0 saturated heterocycles. The van der Waals surface area contributed by atoms with Gasteiger partial charge in [-0.3, -0.25) is 0 Å². The van der Waals surface area contributed by atoms with Gasteiger partial charge in [0.15, 0.2) is 5.54 Å². The Morgan fingerprint density at radius 2 is 2.05 bits per heavy atom. The number of aromatic nitrogens is 1. The SMILES string of the molecule is CC(Nc1ccnc(C#N)c1)(C(=O)O)c1ccccc1. The Balaban J connectivity index is 2.40. The maximum atomic E-state index is 11.6. The standard InChI is InChI=1S/C15H13N3O2/c1-15(14(19)20,11-5-3-2-4-6-11)18-12-7-8-17-13(9-12)10-16/h2-9H,1H3,(H,17,18)(H,19,20). The molecule has 0 radical (unpaired) electrons. The van der Waals surface area contributed by atoms with E-state index in [2.05, 4.69) is 10.3 Å². The lowest BCUT2D eigenvalue weighted by Crippen LogP contribution is -2.40. The summed E-state index contributed by atoms with van der Waals surface area (Å²) in [6, 6.07) is 14.0. The molecule has 0 saturated carbocycles. The molecule has 20 heavy (non-hydrogen) atoms. The molecule has 5 heteroatoms. The lowest BCUT2D eigenvalue weighted by molar-refractivity contribution is -0.142. The number of aliphatic carboxylic acids is 1. The fraction of sp³-hybridized carbons (Fsp3) is 0.133. The number of rotatable bonds is 4. The van der Waals surface area contributed by atoms with E-state index in [-0.39, 0.29) is 5.69 Å². The molecular weight excluding hydrogens is 254 g/mol. The first-order valence-electron chi connectivity index (χ1n) is 5.99. The number of benzene rings is 1. The molecule has 2 N–H and O–H groups in total. The third kappa shape index (κ3) is 2.59. The van der Waals surface area contributed by atoms with Crippen LogP contribution in [0.2, 0.25) is 0 Å². The highest BCUT2D eigenvalue weighted by atomic mass is 16.4. The molecule has 1 unspecified atom stereocenters. The lowest BCUT2D eigenvalue weighted by Gasteiger charge is -2.28.